The van der Waals surface area contributed by atoms with Gasteiger partial charge >= 0.3 is 0 Å². The van der Waals surface area contributed by atoms with Crippen LogP contribution in [0.2, 0.25) is 0 Å². The Labute approximate surface area is 112 Å². The summed E-state index contributed by atoms with van der Waals surface area (Å²) in [6.07, 6.45) is 9.39. The number of thiol groups is 1. The van der Waals surface area contributed by atoms with Gasteiger partial charge in [-0.1, -0.05) is 13.8 Å². The van der Waals surface area contributed by atoms with Crippen molar-refractivity contribution in [3.8, 4) is 11.5 Å². The Hall–Kier alpha value is -0.830. The van der Waals surface area contributed by atoms with Crippen molar-refractivity contribution < 1.29 is 9.47 Å². The molecule has 0 aliphatic rings. The van der Waals surface area contributed by atoms with E-state index in [1.807, 2.05) is 6.07 Å². The summed E-state index contributed by atoms with van der Waals surface area (Å²) >= 11 is 0. The molecule has 0 N–H and O–H groups in total. The van der Waals surface area contributed by atoms with E-state index in [1.165, 1.54) is 10.5 Å². The van der Waals surface area contributed by atoms with Crippen molar-refractivity contribution >= 4 is 9.16 Å². The summed E-state index contributed by atoms with van der Waals surface area (Å²) in [5, 5.41) is 0. The number of rotatable bonds is 4. The zero-order valence-corrected chi connectivity index (χ0v) is 13.9. The predicted molar refractivity (Wildman–Crippen MR) is 84.6 cm³/mol. The first-order valence-electron chi connectivity index (χ1n) is 6.34. The highest BCUT2D eigenvalue weighted by Gasteiger charge is 2.27. The lowest BCUT2D eigenvalue weighted by Crippen LogP contribution is -2.13. The van der Waals surface area contributed by atoms with Gasteiger partial charge in [0, 0.05) is 11.0 Å². The summed E-state index contributed by atoms with van der Waals surface area (Å²) in [5.41, 5.74) is 1.26. The minimum atomic E-state index is -1.86. The van der Waals surface area contributed by atoms with E-state index in [0.717, 1.165) is 11.5 Å². The van der Waals surface area contributed by atoms with Gasteiger partial charge in [0.25, 0.3) is 0 Å². The summed E-state index contributed by atoms with van der Waals surface area (Å²) in [5.74, 6) is 2.32. The lowest BCUT2D eigenvalue weighted by Gasteiger charge is -2.48. The monoisotopic (exact) mass is 272 g/mol. The van der Waals surface area contributed by atoms with Gasteiger partial charge in [-0.05, 0) is 42.6 Å². The van der Waals surface area contributed by atoms with Crippen LogP contribution in [0.3, 0.4) is 0 Å². The van der Waals surface area contributed by atoms with Crippen molar-refractivity contribution in [1.29, 1.82) is 0 Å². The molecule has 0 aromatic heterocycles. The van der Waals surface area contributed by atoms with Gasteiger partial charge < -0.3 is 9.47 Å². The predicted octanol–water partition coefficient (Wildman–Crippen LogP) is 3.78. The second-order valence-corrected chi connectivity index (χ2v) is 14.6. The highest BCUT2D eigenvalue weighted by atomic mass is 32.3. The Morgan fingerprint density at radius 3 is 1.72 bits per heavy atom. The van der Waals surface area contributed by atoms with Crippen LogP contribution < -0.4 is 9.47 Å². The lowest BCUT2D eigenvalue weighted by atomic mass is 10.0. The minimum absolute atomic E-state index is 0.447. The fraction of sp³-hybridized carbons (Fsp3) is 0.600. The van der Waals surface area contributed by atoms with Crippen molar-refractivity contribution in [1.82, 2.24) is 0 Å². The number of hydrogen-bond donors (Lipinski definition) is 1. The third-order valence-corrected chi connectivity index (χ3v) is 5.39. The van der Waals surface area contributed by atoms with E-state index in [0.29, 0.717) is 5.92 Å². The molecule has 0 amide bonds. The third kappa shape index (κ3) is 3.14. The maximum Gasteiger partial charge on any atom is 0.133 e. The zero-order valence-electron chi connectivity index (χ0n) is 13.0. The van der Waals surface area contributed by atoms with E-state index in [1.54, 1.807) is 14.2 Å². The van der Waals surface area contributed by atoms with Crippen LogP contribution in [-0.4, -0.2) is 39.2 Å². The fourth-order valence-corrected chi connectivity index (χ4v) is 3.75. The molecule has 0 fully saturated rings. The Kier molecular flexibility index (Phi) is 3.97. The average molecular weight is 272 g/mol. The summed E-state index contributed by atoms with van der Waals surface area (Å²) in [6.45, 7) is 4.39. The van der Waals surface area contributed by atoms with Gasteiger partial charge in [0.2, 0.25) is 0 Å². The quantitative estimate of drug-likeness (QED) is 0.841. The molecule has 0 heterocycles. The average Bonchev–Trinajstić information content (AvgIpc) is 2.24. The van der Waals surface area contributed by atoms with Crippen molar-refractivity contribution in [2.75, 3.05) is 39.2 Å². The molecule has 106 valence electrons. The molecule has 0 saturated heterocycles. The second-order valence-electron chi connectivity index (χ2n) is 7.00. The Morgan fingerprint density at radius 1 is 0.889 bits per heavy atom. The molecule has 0 aliphatic carbocycles. The molecule has 0 aliphatic heterocycles. The highest BCUT2D eigenvalue weighted by Crippen LogP contribution is 2.66. The van der Waals surface area contributed by atoms with Crippen LogP contribution in [0.1, 0.15) is 25.3 Å². The summed E-state index contributed by atoms with van der Waals surface area (Å²) in [4.78, 5) is 1.34. The first kappa shape index (κ1) is 15.2. The molecule has 18 heavy (non-hydrogen) atoms. The van der Waals surface area contributed by atoms with Crippen molar-refractivity contribution in [2.24, 2.45) is 0 Å². The zero-order chi connectivity index (χ0) is 14.2. The van der Waals surface area contributed by atoms with Crippen molar-refractivity contribution in [3.05, 3.63) is 17.7 Å². The molecular weight excluding hydrogens is 244 g/mol. The van der Waals surface area contributed by atoms with Crippen LogP contribution in [0.4, 0.5) is 0 Å². The maximum atomic E-state index is 5.57. The SMILES string of the molecule is COc1cc(OC)c([SH](C)(C)(C)C)cc1C(C)C. The first-order valence-corrected chi connectivity index (χ1v) is 10.4. The minimum Gasteiger partial charge on any atom is -0.496 e. The molecule has 1 aromatic rings. The molecule has 2 nitrogen and oxygen atoms in total. The standard InChI is InChI=1S/C15H28O2S/c1-11(2)12-9-15(18(5,6,7)8)14(17-4)10-13(12)16-3/h9-11,18H,1-8H3. The van der Waals surface area contributed by atoms with Gasteiger partial charge in [0.15, 0.2) is 0 Å². The van der Waals surface area contributed by atoms with E-state index in [-0.39, 0.29) is 0 Å². The van der Waals surface area contributed by atoms with Crippen molar-refractivity contribution in [2.45, 2.75) is 24.7 Å². The molecule has 0 bridgehead atoms. The van der Waals surface area contributed by atoms with Crippen LogP contribution in [0.25, 0.3) is 0 Å². The van der Waals surface area contributed by atoms with E-state index >= 15 is 0 Å². The number of methoxy groups -OCH3 is 2. The van der Waals surface area contributed by atoms with Crippen LogP contribution in [0.15, 0.2) is 17.0 Å². The largest absolute Gasteiger partial charge is 0.496 e. The molecule has 1 rings (SSSR count). The number of benzene rings is 1. The molecule has 0 unspecified atom stereocenters. The van der Waals surface area contributed by atoms with E-state index < -0.39 is 9.16 Å². The molecular formula is C15H28O2S. The molecule has 1 aromatic carbocycles. The van der Waals surface area contributed by atoms with E-state index in [2.05, 4.69) is 44.9 Å². The van der Waals surface area contributed by atoms with Crippen LogP contribution in [0, 0.1) is 0 Å². The topological polar surface area (TPSA) is 18.5 Å². The Balaban J connectivity index is 3.57. The molecule has 0 radical (unpaired) electrons. The second kappa shape index (κ2) is 4.69. The Bertz CT molecular complexity index is 433. The van der Waals surface area contributed by atoms with Gasteiger partial charge in [-0.2, -0.15) is 0 Å². The number of ether oxygens (including phenoxy) is 2. The first-order chi connectivity index (χ1) is 8.07. The maximum absolute atomic E-state index is 5.57. The van der Waals surface area contributed by atoms with Crippen LogP contribution in [-0.2, 0) is 0 Å². The van der Waals surface area contributed by atoms with E-state index in [9.17, 15) is 0 Å². The van der Waals surface area contributed by atoms with Gasteiger partial charge in [0.1, 0.15) is 11.5 Å². The fourth-order valence-electron chi connectivity index (χ4n) is 2.06. The van der Waals surface area contributed by atoms with Gasteiger partial charge in [0.05, 0.1) is 14.2 Å². The van der Waals surface area contributed by atoms with E-state index in [4.69, 9.17) is 9.47 Å². The summed E-state index contributed by atoms with van der Waals surface area (Å²) in [7, 11) is 1.59. The molecule has 0 saturated carbocycles. The third-order valence-electron chi connectivity index (χ3n) is 3.12. The molecule has 0 atom stereocenters. The van der Waals surface area contributed by atoms with Crippen LogP contribution >= 0.6 is 9.16 Å². The molecule has 0 spiro atoms. The summed E-state index contributed by atoms with van der Waals surface area (Å²) in [6, 6.07) is 4.31. The normalized spacial score (nSPS) is 14.2. The highest BCUT2D eigenvalue weighted by molar-refractivity contribution is 8.47. The van der Waals surface area contributed by atoms with Crippen molar-refractivity contribution in [3.63, 3.8) is 0 Å². The smallest absolute Gasteiger partial charge is 0.133 e. The Morgan fingerprint density at radius 2 is 1.39 bits per heavy atom. The van der Waals surface area contributed by atoms with Crippen LogP contribution in [0.5, 0.6) is 11.5 Å². The molecule has 3 heteroatoms. The number of hydrogen-bond acceptors (Lipinski definition) is 2. The van der Waals surface area contributed by atoms with Gasteiger partial charge in [-0.25, -0.2) is 0 Å². The van der Waals surface area contributed by atoms with Gasteiger partial charge in [-0.15, -0.1) is 0 Å². The summed E-state index contributed by atoms with van der Waals surface area (Å²) < 4.78 is 11.1. The lowest BCUT2D eigenvalue weighted by molar-refractivity contribution is 0.383. The van der Waals surface area contributed by atoms with Gasteiger partial charge in [-0.3, -0.25) is 9.16 Å².